The van der Waals surface area contributed by atoms with Crippen molar-refractivity contribution in [3.05, 3.63) is 41.2 Å². The van der Waals surface area contributed by atoms with Gasteiger partial charge in [0.2, 0.25) is 0 Å². The van der Waals surface area contributed by atoms with Crippen molar-refractivity contribution in [3.63, 3.8) is 0 Å². The molecule has 0 saturated heterocycles. The molecule has 0 aliphatic rings. The maximum Gasteiger partial charge on any atom is 0.187 e. The lowest BCUT2D eigenvalue weighted by atomic mass is 10.4. The molecule has 0 aliphatic heterocycles. The van der Waals surface area contributed by atoms with E-state index in [1.165, 1.54) is 18.0 Å². The molecule has 0 aliphatic carbocycles. The van der Waals surface area contributed by atoms with Gasteiger partial charge in [-0.05, 0) is 12.5 Å². The van der Waals surface area contributed by atoms with Crippen LogP contribution in [0.3, 0.4) is 0 Å². The summed E-state index contributed by atoms with van der Waals surface area (Å²) in [7, 11) is 0. The highest BCUT2D eigenvalue weighted by Crippen LogP contribution is 2.17. The van der Waals surface area contributed by atoms with Crippen molar-refractivity contribution < 1.29 is 0 Å². The van der Waals surface area contributed by atoms with E-state index in [9.17, 15) is 0 Å². The Morgan fingerprint density at radius 2 is 1.81 bits per heavy atom. The zero-order chi connectivity index (χ0) is 11.4. The molecular formula is C10H9ClN4S. The van der Waals surface area contributed by atoms with Gasteiger partial charge in [0, 0.05) is 18.1 Å². The van der Waals surface area contributed by atoms with Crippen LogP contribution < -0.4 is 0 Å². The molecule has 0 fully saturated rings. The Labute approximate surface area is 103 Å². The minimum Gasteiger partial charge on any atom is -0.256 e. The van der Waals surface area contributed by atoms with Gasteiger partial charge in [0.1, 0.15) is 5.15 Å². The largest absolute Gasteiger partial charge is 0.256 e. The molecule has 2 heterocycles. The first-order chi connectivity index (χ1) is 7.74. The minimum atomic E-state index is 0.403. The van der Waals surface area contributed by atoms with Gasteiger partial charge in [-0.25, -0.2) is 15.0 Å². The van der Waals surface area contributed by atoms with Crippen molar-refractivity contribution in [3.8, 4) is 0 Å². The lowest BCUT2D eigenvalue weighted by Gasteiger charge is -1.99. The predicted molar refractivity (Wildman–Crippen MR) is 63.4 cm³/mol. The van der Waals surface area contributed by atoms with Crippen LogP contribution in [0.5, 0.6) is 0 Å². The molecule has 82 valence electrons. The second kappa shape index (κ2) is 5.23. The lowest BCUT2D eigenvalue weighted by molar-refractivity contribution is 0.947. The van der Waals surface area contributed by atoms with Crippen LogP contribution in [-0.2, 0) is 5.75 Å². The van der Waals surface area contributed by atoms with Gasteiger partial charge in [-0.1, -0.05) is 23.4 Å². The van der Waals surface area contributed by atoms with E-state index in [4.69, 9.17) is 11.6 Å². The second-order valence-corrected chi connectivity index (χ2v) is 4.49. The van der Waals surface area contributed by atoms with Crippen molar-refractivity contribution in [2.45, 2.75) is 17.8 Å². The van der Waals surface area contributed by atoms with Crippen LogP contribution in [-0.4, -0.2) is 19.9 Å². The number of thioether (sulfide) groups is 1. The first-order valence-corrected chi connectivity index (χ1v) is 5.98. The van der Waals surface area contributed by atoms with Crippen LogP contribution in [0, 0.1) is 6.92 Å². The summed E-state index contributed by atoms with van der Waals surface area (Å²) in [4.78, 5) is 16.5. The molecule has 0 bridgehead atoms. The Hall–Kier alpha value is -1.20. The summed E-state index contributed by atoms with van der Waals surface area (Å²) in [6.45, 7) is 1.96. The summed E-state index contributed by atoms with van der Waals surface area (Å²) in [5, 5.41) is 1.14. The summed E-state index contributed by atoms with van der Waals surface area (Å²) in [5.41, 5.74) is 1.91. The average Bonchev–Trinajstić information content (AvgIpc) is 2.30. The quantitative estimate of drug-likeness (QED) is 0.621. The van der Waals surface area contributed by atoms with Gasteiger partial charge in [0.25, 0.3) is 0 Å². The van der Waals surface area contributed by atoms with Crippen LogP contribution in [0.2, 0.25) is 5.15 Å². The Kier molecular flexibility index (Phi) is 3.69. The first kappa shape index (κ1) is 11.3. The molecule has 0 unspecified atom stereocenters. The molecule has 0 radical (unpaired) electrons. The minimum absolute atomic E-state index is 0.403. The molecule has 0 amide bonds. The van der Waals surface area contributed by atoms with E-state index in [-0.39, 0.29) is 0 Å². The summed E-state index contributed by atoms with van der Waals surface area (Å²) in [6, 6.07) is 0. The van der Waals surface area contributed by atoms with Crippen LogP contribution in [0.15, 0.2) is 29.9 Å². The fourth-order valence-corrected chi connectivity index (χ4v) is 1.79. The number of hydrogen-bond donors (Lipinski definition) is 0. The summed E-state index contributed by atoms with van der Waals surface area (Å²) < 4.78 is 0. The number of rotatable bonds is 3. The molecule has 0 spiro atoms. The van der Waals surface area contributed by atoms with Gasteiger partial charge in [0.05, 0.1) is 18.1 Å². The molecule has 2 aromatic heterocycles. The fraction of sp³-hybridized carbons (Fsp3) is 0.200. The smallest absolute Gasteiger partial charge is 0.187 e. The normalized spacial score (nSPS) is 10.4. The molecule has 0 N–H and O–H groups in total. The molecule has 0 atom stereocenters. The van der Waals surface area contributed by atoms with Crippen molar-refractivity contribution in [2.24, 2.45) is 0 Å². The fourth-order valence-electron chi connectivity index (χ4n) is 1.01. The highest BCUT2D eigenvalue weighted by atomic mass is 35.5. The average molecular weight is 253 g/mol. The molecule has 4 nitrogen and oxygen atoms in total. The third-order valence-corrected chi connectivity index (χ3v) is 2.88. The maximum atomic E-state index is 5.64. The number of nitrogens with zero attached hydrogens (tertiary/aromatic N) is 4. The molecule has 0 saturated carbocycles. The first-order valence-electron chi connectivity index (χ1n) is 4.62. The Balaban J connectivity index is 1.97. The predicted octanol–water partition coefficient (Wildman–Crippen LogP) is 2.52. The zero-order valence-corrected chi connectivity index (χ0v) is 10.2. The van der Waals surface area contributed by atoms with Crippen LogP contribution in [0.4, 0.5) is 0 Å². The topological polar surface area (TPSA) is 51.6 Å². The Morgan fingerprint density at radius 3 is 2.44 bits per heavy atom. The van der Waals surface area contributed by atoms with Crippen molar-refractivity contribution >= 4 is 23.4 Å². The highest BCUT2D eigenvalue weighted by Gasteiger charge is 2.00. The SMILES string of the molecule is Cc1cnc(SCc2cnc(Cl)cn2)nc1. The van der Waals surface area contributed by atoms with E-state index in [0.29, 0.717) is 10.9 Å². The highest BCUT2D eigenvalue weighted by molar-refractivity contribution is 7.98. The van der Waals surface area contributed by atoms with E-state index in [1.807, 2.05) is 6.92 Å². The van der Waals surface area contributed by atoms with E-state index in [1.54, 1.807) is 18.6 Å². The van der Waals surface area contributed by atoms with Gasteiger partial charge in [0.15, 0.2) is 5.16 Å². The van der Waals surface area contributed by atoms with Crippen LogP contribution in [0.25, 0.3) is 0 Å². The van der Waals surface area contributed by atoms with Gasteiger partial charge in [-0.3, -0.25) is 4.98 Å². The van der Waals surface area contributed by atoms with E-state index in [2.05, 4.69) is 19.9 Å². The molecule has 0 aromatic carbocycles. The van der Waals surface area contributed by atoms with Crippen molar-refractivity contribution in [1.29, 1.82) is 0 Å². The van der Waals surface area contributed by atoms with Gasteiger partial charge in [-0.15, -0.1) is 0 Å². The molecular weight excluding hydrogens is 244 g/mol. The van der Waals surface area contributed by atoms with E-state index in [0.717, 1.165) is 16.4 Å². The third kappa shape index (κ3) is 3.15. The van der Waals surface area contributed by atoms with Gasteiger partial charge < -0.3 is 0 Å². The van der Waals surface area contributed by atoms with Crippen LogP contribution in [0.1, 0.15) is 11.3 Å². The zero-order valence-electron chi connectivity index (χ0n) is 8.59. The molecule has 2 aromatic rings. The second-order valence-electron chi connectivity index (χ2n) is 3.16. The number of aryl methyl sites for hydroxylation is 1. The Morgan fingerprint density at radius 1 is 1.06 bits per heavy atom. The molecule has 2 rings (SSSR count). The van der Waals surface area contributed by atoms with Gasteiger partial charge >= 0.3 is 0 Å². The lowest BCUT2D eigenvalue weighted by Crippen LogP contribution is -1.91. The standard InChI is InChI=1S/C10H9ClN4S/c1-7-2-14-10(15-3-7)16-6-8-4-13-9(11)5-12-8/h2-5H,6H2,1H3. The van der Waals surface area contributed by atoms with E-state index >= 15 is 0 Å². The molecule has 6 heteroatoms. The summed E-state index contributed by atoms with van der Waals surface area (Å²) >= 11 is 7.16. The third-order valence-electron chi connectivity index (χ3n) is 1.78. The monoisotopic (exact) mass is 252 g/mol. The summed E-state index contributed by atoms with van der Waals surface area (Å²) in [5.74, 6) is 0.688. The van der Waals surface area contributed by atoms with Crippen molar-refractivity contribution in [1.82, 2.24) is 19.9 Å². The van der Waals surface area contributed by atoms with Gasteiger partial charge in [-0.2, -0.15) is 0 Å². The number of hydrogen-bond acceptors (Lipinski definition) is 5. The molecule has 16 heavy (non-hydrogen) atoms. The number of aromatic nitrogens is 4. The maximum absolute atomic E-state index is 5.64. The summed E-state index contributed by atoms with van der Waals surface area (Å²) in [6.07, 6.45) is 6.78. The van der Waals surface area contributed by atoms with Crippen LogP contribution >= 0.6 is 23.4 Å². The Bertz CT molecular complexity index is 412. The van der Waals surface area contributed by atoms with E-state index < -0.39 is 0 Å². The number of halogens is 1. The van der Waals surface area contributed by atoms with Crippen molar-refractivity contribution in [2.75, 3.05) is 0 Å².